The van der Waals surface area contributed by atoms with Gasteiger partial charge in [0.1, 0.15) is 0 Å². The molecule has 0 aliphatic rings. The molecule has 10 heavy (non-hydrogen) atoms. The Bertz CT molecular complexity index is 167. The molecule has 0 rings (SSSR count). The molecule has 62 valence electrons. The first-order valence-corrected chi connectivity index (χ1v) is 5.00. The standard InChI is InChI=1S/C4H10ClNO3S/c5-3-1-2-4-10(8,9)6-7/h6-7H,1-4H2. The first kappa shape index (κ1) is 10.2. The Hall–Kier alpha value is 0.160. The zero-order chi connectivity index (χ0) is 8.04. The molecule has 4 nitrogen and oxygen atoms in total. The van der Waals surface area contributed by atoms with Crippen LogP contribution in [0.1, 0.15) is 12.8 Å². The van der Waals surface area contributed by atoms with Crippen molar-refractivity contribution >= 4 is 21.6 Å². The summed E-state index contributed by atoms with van der Waals surface area (Å²) in [4.78, 5) is 1.23. The second-order valence-corrected chi connectivity index (χ2v) is 4.00. The van der Waals surface area contributed by atoms with Gasteiger partial charge in [-0.3, -0.25) is 0 Å². The van der Waals surface area contributed by atoms with E-state index in [9.17, 15) is 8.42 Å². The van der Waals surface area contributed by atoms with Crippen LogP contribution in [0.15, 0.2) is 0 Å². The molecule has 0 spiro atoms. The maximum absolute atomic E-state index is 10.5. The molecule has 0 atom stereocenters. The molecule has 0 radical (unpaired) electrons. The normalized spacial score (nSPS) is 11.8. The van der Waals surface area contributed by atoms with Gasteiger partial charge in [0.15, 0.2) is 0 Å². The molecule has 0 aromatic rings. The van der Waals surface area contributed by atoms with E-state index in [4.69, 9.17) is 16.8 Å². The van der Waals surface area contributed by atoms with Crippen LogP contribution >= 0.6 is 11.6 Å². The van der Waals surface area contributed by atoms with Crippen LogP contribution in [0.25, 0.3) is 0 Å². The van der Waals surface area contributed by atoms with Crippen molar-refractivity contribution in [2.45, 2.75) is 12.8 Å². The van der Waals surface area contributed by atoms with Gasteiger partial charge in [-0.25, -0.2) is 8.42 Å². The van der Waals surface area contributed by atoms with E-state index in [2.05, 4.69) is 0 Å². The lowest BCUT2D eigenvalue weighted by Crippen LogP contribution is -2.22. The summed E-state index contributed by atoms with van der Waals surface area (Å²) in [5, 5.41) is 8.02. The summed E-state index contributed by atoms with van der Waals surface area (Å²) in [7, 11) is -3.44. The summed E-state index contributed by atoms with van der Waals surface area (Å²) in [5.74, 6) is 0.372. The molecular weight excluding hydrogens is 178 g/mol. The van der Waals surface area contributed by atoms with Crippen LogP contribution in [0.4, 0.5) is 0 Å². The lowest BCUT2D eigenvalue weighted by Gasteiger charge is -1.97. The Balaban J connectivity index is 3.49. The van der Waals surface area contributed by atoms with Gasteiger partial charge < -0.3 is 5.21 Å². The summed E-state index contributed by atoms with van der Waals surface area (Å²) >= 11 is 5.30. The number of halogens is 1. The Labute approximate surface area is 65.2 Å². The first-order chi connectivity index (χ1) is 4.62. The lowest BCUT2D eigenvalue weighted by atomic mass is 10.4. The summed E-state index contributed by atoms with van der Waals surface area (Å²) < 4.78 is 20.9. The average molecular weight is 188 g/mol. The summed E-state index contributed by atoms with van der Waals surface area (Å²) in [6, 6.07) is 0. The van der Waals surface area contributed by atoms with Crippen LogP contribution in [-0.4, -0.2) is 25.3 Å². The third kappa shape index (κ3) is 4.99. The van der Waals surface area contributed by atoms with Gasteiger partial charge in [-0.15, -0.1) is 11.6 Å². The van der Waals surface area contributed by atoms with E-state index in [0.29, 0.717) is 18.7 Å². The van der Waals surface area contributed by atoms with Gasteiger partial charge >= 0.3 is 0 Å². The third-order valence-corrected chi connectivity index (χ3v) is 2.31. The molecule has 0 saturated carbocycles. The van der Waals surface area contributed by atoms with Gasteiger partial charge in [0.25, 0.3) is 0 Å². The Morgan fingerprint density at radius 3 is 2.40 bits per heavy atom. The zero-order valence-electron chi connectivity index (χ0n) is 5.38. The van der Waals surface area contributed by atoms with Crippen molar-refractivity contribution in [3.05, 3.63) is 0 Å². The highest BCUT2D eigenvalue weighted by Crippen LogP contribution is 1.94. The zero-order valence-corrected chi connectivity index (χ0v) is 6.95. The van der Waals surface area contributed by atoms with Gasteiger partial charge in [0, 0.05) is 5.88 Å². The van der Waals surface area contributed by atoms with E-state index in [1.54, 1.807) is 0 Å². The molecule has 0 fully saturated rings. The fourth-order valence-electron chi connectivity index (χ4n) is 0.432. The monoisotopic (exact) mass is 187 g/mol. The second-order valence-electron chi connectivity index (χ2n) is 1.81. The van der Waals surface area contributed by atoms with Crippen molar-refractivity contribution < 1.29 is 13.6 Å². The molecule has 0 amide bonds. The van der Waals surface area contributed by atoms with Crippen LogP contribution in [-0.2, 0) is 10.0 Å². The number of hydrogen-bond acceptors (Lipinski definition) is 3. The molecule has 0 aromatic heterocycles. The van der Waals surface area contributed by atoms with Gasteiger partial charge in [-0.2, -0.15) is 0 Å². The Morgan fingerprint density at radius 1 is 1.40 bits per heavy atom. The summed E-state index contributed by atoms with van der Waals surface area (Å²) in [6.07, 6.45) is 1.11. The largest absolute Gasteiger partial charge is 0.302 e. The molecule has 0 heterocycles. The van der Waals surface area contributed by atoms with Gasteiger partial charge in [0.2, 0.25) is 10.0 Å². The fraction of sp³-hybridized carbons (Fsp3) is 1.00. The Kier molecular flexibility index (Phi) is 4.98. The fourth-order valence-corrected chi connectivity index (χ4v) is 1.30. The van der Waals surface area contributed by atoms with E-state index < -0.39 is 10.0 Å². The SMILES string of the molecule is O=S(=O)(CCCCCl)NO. The molecule has 0 aliphatic heterocycles. The van der Waals surface area contributed by atoms with Crippen molar-refractivity contribution in [2.24, 2.45) is 0 Å². The van der Waals surface area contributed by atoms with Crippen molar-refractivity contribution in [1.82, 2.24) is 4.89 Å². The quantitative estimate of drug-likeness (QED) is 0.370. The van der Waals surface area contributed by atoms with Crippen LogP contribution in [0.3, 0.4) is 0 Å². The highest BCUT2D eigenvalue weighted by Gasteiger charge is 2.05. The molecule has 6 heteroatoms. The number of sulfonamides is 1. The van der Waals surface area contributed by atoms with Crippen LogP contribution < -0.4 is 4.89 Å². The summed E-state index contributed by atoms with van der Waals surface area (Å²) in [5.41, 5.74) is 0. The third-order valence-electron chi connectivity index (χ3n) is 0.936. The van der Waals surface area contributed by atoms with E-state index in [0.717, 1.165) is 0 Å². The first-order valence-electron chi connectivity index (χ1n) is 2.82. The molecule has 0 aromatic carbocycles. The number of unbranched alkanes of at least 4 members (excludes halogenated alkanes) is 1. The number of rotatable bonds is 5. The number of nitrogens with one attached hydrogen (secondary N) is 1. The van der Waals surface area contributed by atoms with E-state index in [1.807, 2.05) is 0 Å². The van der Waals surface area contributed by atoms with E-state index >= 15 is 0 Å². The minimum absolute atomic E-state index is 0.0732. The van der Waals surface area contributed by atoms with Crippen molar-refractivity contribution in [1.29, 1.82) is 0 Å². The van der Waals surface area contributed by atoms with E-state index in [1.165, 1.54) is 4.89 Å². The predicted octanol–water partition coefficient (Wildman–Crippen LogP) is 0.314. The predicted molar refractivity (Wildman–Crippen MR) is 38.7 cm³/mol. The molecule has 0 bridgehead atoms. The highest BCUT2D eigenvalue weighted by atomic mass is 35.5. The minimum Gasteiger partial charge on any atom is -0.302 e. The number of alkyl halides is 1. The van der Waals surface area contributed by atoms with Crippen molar-refractivity contribution in [3.8, 4) is 0 Å². The van der Waals surface area contributed by atoms with Crippen LogP contribution in [0.5, 0.6) is 0 Å². The Morgan fingerprint density at radius 2 is 2.00 bits per heavy atom. The maximum Gasteiger partial charge on any atom is 0.233 e. The molecular formula is C4H10ClNO3S. The smallest absolute Gasteiger partial charge is 0.233 e. The number of hydrogen-bond donors (Lipinski definition) is 2. The molecule has 0 aliphatic carbocycles. The topological polar surface area (TPSA) is 66.4 Å². The van der Waals surface area contributed by atoms with Gasteiger partial charge in [0.05, 0.1) is 5.75 Å². The highest BCUT2D eigenvalue weighted by molar-refractivity contribution is 7.89. The van der Waals surface area contributed by atoms with Gasteiger partial charge in [-0.05, 0) is 12.8 Å². The van der Waals surface area contributed by atoms with Crippen molar-refractivity contribution in [2.75, 3.05) is 11.6 Å². The average Bonchev–Trinajstić information content (AvgIpc) is 1.89. The minimum atomic E-state index is -3.44. The van der Waals surface area contributed by atoms with Crippen molar-refractivity contribution in [3.63, 3.8) is 0 Å². The molecule has 2 N–H and O–H groups in total. The molecule has 0 saturated heterocycles. The maximum atomic E-state index is 10.5. The summed E-state index contributed by atoms with van der Waals surface area (Å²) in [6.45, 7) is 0. The van der Waals surface area contributed by atoms with Crippen LogP contribution in [0, 0.1) is 0 Å². The van der Waals surface area contributed by atoms with Crippen LogP contribution in [0.2, 0.25) is 0 Å². The van der Waals surface area contributed by atoms with E-state index in [-0.39, 0.29) is 5.75 Å². The molecule has 0 unspecified atom stereocenters. The van der Waals surface area contributed by atoms with Gasteiger partial charge in [-0.1, -0.05) is 4.89 Å². The lowest BCUT2D eigenvalue weighted by molar-refractivity contribution is 0.242. The second kappa shape index (κ2) is 4.90.